The van der Waals surface area contributed by atoms with Crippen LogP contribution in [-0.4, -0.2) is 29.4 Å². The number of hydrogen-bond acceptors (Lipinski definition) is 3. The van der Waals surface area contributed by atoms with E-state index in [0.717, 1.165) is 25.3 Å². The topological polar surface area (TPSA) is 45.3 Å². The molecule has 0 aliphatic heterocycles. The fourth-order valence-corrected chi connectivity index (χ4v) is 3.96. The van der Waals surface area contributed by atoms with Gasteiger partial charge in [-0.2, -0.15) is 0 Å². The Hall–Kier alpha value is -1.79. The lowest BCUT2D eigenvalue weighted by Crippen LogP contribution is -2.26. The van der Waals surface area contributed by atoms with E-state index >= 15 is 0 Å². The van der Waals surface area contributed by atoms with E-state index in [1.54, 1.807) is 16.2 Å². The lowest BCUT2D eigenvalue weighted by atomic mass is 10.2. The van der Waals surface area contributed by atoms with Gasteiger partial charge in [0.15, 0.2) is 0 Å². The number of H-pyrrole nitrogens is 1. The number of hydrogen-bond donors (Lipinski definition) is 1. The summed E-state index contributed by atoms with van der Waals surface area (Å²) in [5.74, 6) is 0.779. The van der Waals surface area contributed by atoms with Gasteiger partial charge in [0.1, 0.15) is 11.4 Å². The summed E-state index contributed by atoms with van der Waals surface area (Å²) < 4.78 is 6.57. The van der Waals surface area contributed by atoms with Crippen molar-refractivity contribution >= 4 is 44.1 Å². The SMILES string of the molecule is CCOc1ccc2cc(C(=O)N(C)Cc3ccc(Br)s3)[nH]c2c1. The minimum absolute atomic E-state index is 0.0244. The van der Waals surface area contributed by atoms with E-state index in [0.29, 0.717) is 18.8 Å². The summed E-state index contributed by atoms with van der Waals surface area (Å²) in [5.41, 5.74) is 1.50. The van der Waals surface area contributed by atoms with E-state index in [9.17, 15) is 4.79 Å². The Labute approximate surface area is 147 Å². The number of benzene rings is 1. The first-order chi connectivity index (χ1) is 11.1. The lowest BCUT2D eigenvalue weighted by molar-refractivity contribution is 0.0781. The van der Waals surface area contributed by atoms with Crippen molar-refractivity contribution in [1.29, 1.82) is 0 Å². The van der Waals surface area contributed by atoms with Gasteiger partial charge < -0.3 is 14.6 Å². The Bertz CT molecular complexity index is 840. The summed E-state index contributed by atoms with van der Waals surface area (Å²) in [4.78, 5) is 18.6. The van der Waals surface area contributed by atoms with Crippen LogP contribution in [0.5, 0.6) is 5.75 Å². The highest BCUT2D eigenvalue weighted by molar-refractivity contribution is 9.11. The quantitative estimate of drug-likeness (QED) is 0.685. The molecule has 0 saturated carbocycles. The molecule has 0 aliphatic carbocycles. The van der Waals surface area contributed by atoms with E-state index in [1.807, 2.05) is 50.4 Å². The number of aromatic amines is 1. The average molecular weight is 393 g/mol. The molecule has 4 nitrogen and oxygen atoms in total. The van der Waals surface area contributed by atoms with E-state index in [2.05, 4.69) is 20.9 Å². The van der Waals surface area contributed by atoms with E-state index in [1.165, 1.54) is 0 Å². The second-order valence-electron chi connectivity index (χ2n) is 5.23. The molecule has 3 rings (SSSR count). The van der Waals surface area contributed by atoms with E-state index < -0.39 is 0 Å². The fourth-order valence-electron chi connectivity index (χ4n) is 2.43. The van der Waals surface area contributed by atoms with Crippen molar-refractivity contribution < 1.29 is 9.53 Å². The molecule has 120 valence electrons. The minimum Gasteiger partial charge on any atom is -0.494 e. The number of carbonyl (C=O) groups excluding carboxylic acids is 1. The normalized spacial score (nSPS) is 10.9. The average Bonchev–Trinajstić information content (AvgIpc) is 3.12. The van der Waals surface area contributed by atoms with Crippen LogP contribution < -0.4 is 4.74 Å². The molecular formula is C17H17BrN2O2S. The summed E-state index contributed by atoms with van der Waals surface area (Å²) >= 11 is 5.08. The van der Waals surface area contributed by atoms with Gasteiger partial charge in [-0.3, -0.25) is 4.79 Å². The number of halogens is 1. The molecule has 23 heavy (non-hydrogen) atoms. The van der Waals surface area contributed by atoms with Crippen LogP contribution in [0.3, 0.4) is 0 Å². The third-order valence-electron chi connectivity index (χ3n) is 3.50. The molecule has 1 amide bonds. The molecule has 0 bridgehead atoms. The summed E-state index contributed by atoms with van der Waals surface area (Å²) in [6, 6.07) is 11.7. The zero-order chi connectivity index (χ0) is 16.4. The number of thiophene rings is 1. The Morgan fingerprint density at radius 3 is 2.83 bits per heavy atom. The van der Waals surface area contributed by atoms with Gasteiger partial charge in [-0.1, -0.05) is 0 Å². The first kappa shape index (κ1) is 16.1. The maximum absolute atomic E-state index is 12.6. The Kier molecular flexibility index (Phi) is 4.73. The highest BCUT2D eigenvalue weighted by Crippen LogP contribution is 2.25. The number of nitrogens with zero attached hydrogens (tertiary/aromatic N) is 1. The predicted molar refractivity (Wildman–Crippen MR) is 97.3 cm³/mol. The van der Waals surface area contributed by atoms with Crippen LogP contribution in [0, 0.1) is 0 Å². The van der Waals surface area contributed by atoms with Crippen LogP contribution >= 0.6 is 27.3 Å². The number of carbonyl (C=O) groups is 1. The standard InChI is InChI=1S/C17H17BrN2O2S/c1-3-22-12-5-4-11-8-15(19-14(11)9-12)17(21)20(2)10-13-6-7-16(18)23-13/h4-9,19H,3,10H2,1-2H3. The van der Waals surface area contributed by atoms with Gasteiger partial charge in [0, 0.05) is 28.9 Å². The van der Waals surface area contributed by atoms with Crippen LogP contribution in [-0.2, 0) is 6.54 Å². The number of rotatable bonds is 5. The number of nitrogens with one attached hydrogen (secondary N) is 1. The Morgan fingerprint density at radius 1 is 1.30 bits per heavy atom. The molecule has 0 fully saturated rings. The van der Waals surface area contributed by atoms with Crippen molar-refractivity contribution in [3.63, 3.8) is 0 Å². The molecular weight excluding hydrogens is 376 g/mol. The molecule has 0 unspecified atom stereocenters. The number of amides is 1. The molecule has 0 saturated heterocycles. The molecule has 0 radical (unpaired) electrons. The molecule has 2 aromatic heterocycles. The molecule has 0 aliphatic rings. The monoisotopic (exact) mass is 392 g/mol. The Balaban J connectivity index is 1.79. The van der Waals surface area contributed by atoms with Gasteiger partial charge in [0.2, 0.25) is 0 Å². The summed E-state index contributed by atoms with van der Waals surface area (Å²) in [5, 5.41) is 1.00. The van der Waals surface area contributed by atoms with Crippen molar-refractivity contribution in [3.8, 4) is 5.75 Å². The van der Waals surface area contributed by atoms with Crippen molar-refractivity contribution in [2.24, 2.45) is 0 Å². The highest BCUT2D eigenvalue weighted by Gasteiger charge is 2.15. The lowest BCUT2D eigenvalue weighted by Gasteiger charge is -2.15. The van der Waals surface area contributed by atoms with Crippen LogP contribution in [0.2, 0.25) is 0 Å². The van der Waals surface area contributed by atoms with Crippen molar-refractivity contribution in [3.05, 3.63) is 50.8 Å². The van der Waals surface area contributed by atoms with Crippen molar-refractivity contribution in [2.75, 3.05) is 13.7 Å². The van der Waals surface area contributed by atoms with Gasteiger partial charge in [0.05, 0.1) is 16.9 Å². The zero-order valence-corrected chi connectivity index (χ0v) is 15.3. The van der Waals surface area contributed by atoms with Crippen LogP contribution in [0.25, 0.3) is 10.9 Å². The van der Waals surface area contributed by atoms with Gasteiger partial charge in [-0.05, 0) is 53.2 Å². The second-order valence-corrected chi connectivity index (χ2v) is 7.78. The maximum Gasteiger partial charge on any atom is 0.270 e. The first-order valence-corrected chi connectivity index (χ1v) is 8.93. The van der Waals surface area contributed by atoms with Crippen LogP contribution in [0.15, 0.2) is 40.2 Å². The first-order valence-electron chi connectivity index (χ1n) is 7.32. The third-order valence-corrected chi connectivity index (χ3v) is 5.11. The third kappa shape index (κ3) is 3.59. The number of aromatic nitrogens is 1. The predicted octanol–water partition coefficient (Wildman–Crippen LogP) is 4.66. The summed E-state index contributed by atoms with van der Waals surface area (Å²) in [6.45, 7) is 3.16. The maximum atomic E-state index is 12.6. The largest absolute Gasteiger partial charge is 0.494 e. The Morgan fingerprint density at radius 2 is 2.13 bits per heavy atom. The molecule has 6 heteroatoms. The van der Waals surface area contributed by atoms with Crippen molar-refractivity contribution in [2.45, 2.75) is 13.5 Å². The molecule has 2 heterocycles. The van der Waals surface area contributed by atoms with Gasteiger partial charge in [-0.15, -0.1) is 11.3 Å². The smallest absolute Gasteiger partial charge is 0.270 e. The van der Waals surface area contributed by atoms with Crippen LogP contribution in [0.1, 0.15) is 22.3 Å². The molecule has 0 spiro atoms. The molecule has 3 aromatic rings. The van der Waals surface area contributed by atoms with E-state index in [-0.39, 0.29) is 5.91 Å². The number of fused-ring (bicyclic) bond motifs is 1. The van der Waals surface area contributed by atoms with Crippen LogP contribution in [0.4, 0.5) is 0 Å². The fraction of sp³-hybridized carbons (Fsp3) is 0.235. The summed E-state index contributed by atoms with van der Waals surface area (Å²) in [7, 11) is 1.81. The van der Waals surface area contributed by atoms with Gasteiger partial charge >= 0.3 is 0 Å². The highest BCUT2D eigenvalue weighted by atomic mass is 79.9. The van der Waals surface area contributed by atoms with Gasteiger partial charge in [-0.25, -0.2) is 0 Å². The van der Waals surface area contributed by atoms with Gasteiger partial charge in [0.25, 0.3) is 5.91 Å². The molecule has 0 atom stereocenters. The minimum atomic E-state index is -0.0244. The number of ether oxygens (including phenoxy) is 1. The van der Waals surface area contributed by atoms with Crippen molar-refractivity contribution in [1.82, 2.24) is 9.88 Å². The van der Waals surface area contributed by atoms with E-state index in [4.69, 9.17) is 4.74 Å². The molecule has 1 aromatic carbocycles. The second kappa shape index (κ2) is 6.76. The summed E-state index contributed by atoms with van der Waals surface area (Å²) in [6.07, 6.45) is 0. The zero-order valence-electron chi connectivity index (χ0n) is 12.9. The molecule has 1 N–H and O–H groups in total.